The van der Waals surface area contributed by atoms with E-state index in [1.165, 1.54) is 6.92 Å². The molecule has 17 heavy (non-hydrogen) atoms. The van der Waals surface area contributed by atoms with Gasteiger partial charge < -0.3 is 0 Å². The lowest BCUT2D eigenvalue weighted by atomic mass is 10.3. The van der Waals surface area contributed by atoms with Crippen molar-refractivity contribution in [2.45, 2.75) is 6.92 Å². The Labute approximate surface area is 123 Å². The van der Waals surface area contributed by atoms with Crippen molar-refractivity contribution >= 4 is 53.8 Å². The maximum atomic E-state index is 11.0. The van der Waals surface area contributed by atoms with Crippen molar-refractivity contribution < 1.29 is 19.6 Å². The van der Waals surface area contributed by atoms with Crippen LogP contribution in [0.25, 0.3) is 0 Å². The second-order valence-corrected chi connectivity index (χ2v) is 5.42. The number of rotatable bonds is 4. The summed E-state index contributed by atoms with van der Waals surface area (Å²) in [6.45, 7) is 4.89. The van der Waals surface area contributed by atoms with Crippen molar-refractivity contribution in [3.63, 3.8) is 0 Å². The smallest absolute Gasteiger partial charge is 0.298 e. The fraction of sp³-hybridized carbons (Fsp3) is 0.100. The zero-order valence-corrected chi connectivity index (χ0v) is 13.4. The van der Waals surface area contributed by atoms with Gasteiger partial charge in [0.25, 0.3) is 0 Å². The molecule has 0 atom stereocenters. The normalized spacial score (nSPS) is 9.88. The van der Waals surface area contributed by atoms with Gasteiger partial charge in [-0.15, -0.1) is 0 Å². The van der Waals surface area contributed by atoms with Crippen LogP contribution in [-0.4, -0.2) is 5.97 Å². The van der Waals surface area contributed by atoms with E-state index in [1.807, 2.05) is 0 Å². The molecule has 0 fully saturated rings. The zero-order valence-electron chi connectivity index (χ0n) is 8.63. The number of carbonyl (C=O) groups is 1. The molecule has 0 aliphatic rings. The first-order valence-corrected chi connectivity index (χ1v) is 6.66. The fourth-order valence-corrected chi connectivity index (χ4v) is 2.06. The van der Waals surface area contributed by atoms with Crippen LogP contribution >= 0.6 is 47.8 Å². The van der Waals surface area contributed by atoms with E-state index in [4.69, 9.17) is 4.89 Å². The van der Waals surface area contributed by atoms with Crippen molar-refractivity contribution in [3.8, 4) is 5.75 Å². The minimum Gasteiger partial charge on any atom is -0.298 e. The van der Waals surface area contributed by atoms with Crippen molar-refractivity contribution in [1.29, 1.82) is 0 Å². The van der Waals surface area contributed by atoms with Crippen LogP contribution < -0.4 is 4.89 Å². The van der Waals surface area contributed by atoms with Gasteiger partial charge in [-0.25, -0.2) is 4.79 Å². The van der Waals surface area contributed by atoms with E-state index in [2.05, 4.69) is 64.3 Å². The van der Waals surface area contributed by atoms with Crippen LogP contribution in [0.3, 0.4) is 0 Å². The zero-order chi connectivity index (χ0) is 13.0. The third kappa shape index (κ3) is 4.09. The van der Waals surface area contributed by atoms with Crippen LogP contribution in [0.4, 0.5) is 0 Å². The molecule has 1 aromatic rings. The first-order chi connectivity index (χ1) is 7.93. The van der Waals surface area contributed by atoms with Gasteiger partial charge in [0.2, 0.25) is 0 Å². The highest BCUT2D eigenvalue weighted by atomic mass is 79.9. The minimum atomic E-state index is -0.697. The van der Waals surface area contributed by atoms with E-state index in [0.29, 0.717) is 10.2 Å². The lowest BCUT2D eigenvalue weighted by molar-refractivity contribution is -0.435. The van der Waals surface area contributed by atoms with Crippen LogP contribution in [0.1, 0.15) is 6.92 Å². The van der Waals surface area contributed by atoms with Crippen molar-refractivity contribution in [3.05, 3.63) is 37.7 Å². The molecule has 0 radical (unpaired) electrons. The van der Waals surface area contributed by atoms with E-state index >= 15 is 0 Å². The summed E-state index contributed by atoms with van der Waals surface area (Å²) in [5.74, 6) is -0.341. The molecule has 1 rings (SSSR count). The highest BCUT2D eigenvalue weighted by molar-refractivity contribution is 9.14. The molecule has 0 aliphatic heterocycles. The number of benzene rings is 1. The number of hydrogen-bond donors (Lipinski definition) is 0. The Kier molecular flexibility index (Phi) is 5.64. The SMILES string of the molecule is C=C(C)C(=O)OOOc1ccc(Br)c(Br)c1Br. The third-order valence-corrected chi connectivity index (χ3v) is 4.92. The Morgan fingerprint density at radius 2 is 1.88 bits per heavy atom. The molecule has 0 bridgehead atoms. The summed E-state index contributed by atoms with van der Waals surface area (Å²) < 4.78 is 2.22. The summed E-state index contributed by atoms with van der Waals surface area (Å²) in [5, 5.41) is 4.34. The van der Waals surface area contributed by atoms with E-state index in [-0.39, 0.29) is 5.57 Å². The summed E-state index contributed by atoms with van der Waals surface area (Å²) in [5.41, 5.74) is 0.213. The highest BCUT2D eigenvalue weighted by Crippen LogP contribution is 2.37. The Balaban J connectivity index is 2.62. The van der Waals surface area contributed by atoms with Gasteiger partial charge in [-0.3, -0.25) is 9.78 Å². The van der Waals surface area contributed by atoms with Crippen LogP contribution in [0, 0.1) is 0 Å². The molecular formula is C10H7Br3O4. The number of hydrogen-bond acceptors (Lipinski definition) is 4. The number of halogens is 3. The Morgan fingerprint density at radius 1 is 1.24 bits per heavy atom. The molecule has 0 N–H and O–H groups in total. The van der Waals surface area contributed by atoms with Crippen LogP contribution in [-0.2, 0) is 14.7 Å². The first-order valence-electron chi connectivity index (χ1n) is 4.28. The van der Waals surface area contributed by atoms with Crippen molar-refractivity contribution in [2.75, 3.05) is 0 Å². The van der Waals surface area contributed by atoms with Gasteiger partial charge in [-0.2, -0.15) is 0 Å². The van der Waals surface area contributed by atoms with Gasteiger partial charge in [-0.05, 0) is 66.8 Å². The van der Waals surface area contributed by atoms with Gasteiger partial charge in [0.05, 0.1) is 4.47 Å². The molecule has 0 amide bonds. The average Bonchev–Trinajstić information content (AvgIpc) is 2.28. The van der Waals surface area contributed by atoms with E-state index in [1.54, 1.807) is 12.1 Å². The summed E-state index contributed by atoms with van der Waals surface area (Å²) in [7, 11) is 0. The van der Waals surface area contributed by atoms with Crippen LogP contribution in [0.5, 0.6) is 5.75 Å². The van der Waals surface area contributed by atoms with E-state index in [9.17, 15) is 4.79 Å². The molecule has 7 heteroatoms. The lowest BCUT2D eigenvalue weighted by Crippen LogP contribution is -2.08. The summed E-state index contributed by atoms with van der Waals surface area (Å²) in [6, 6.07) is 3.38. The molecule has 0 saturated carbocycles. The van der Waals surface area contributed by atoms with Crippen LogP contribution in [0.15, 0.2) is 37.7 Å². The molecule has 4 nitrogen and oxygen atoms in total. The molecule has 0 spiro atoms. The molecule has 1 aromatic carbocycles. The van der Waals surface area contributed by atoms with Gasteiger partial charge in [0.1, 0.15) is 0 Å². The maximum Gasteiger partial charge on any atom is 0.372 e. The highest BCUT2D eigenvalue weighted by Gasteiger charge is 2.11. The monoisotopic (exact) mass is 428 g/mol. The van der Waals surface area contributed by atoms with Gasteiger partial charge in [0.15, 0.2) is 5.75 Å². The van der Waals surface area contributed by atoms with Gasteiger partial charge in [-0.1, -0.05) is 6.58 Å². The average molecular weight is 431 g/mol. The van der Waals surface area contributed by atoms with E-state index < -0.39 is 5.97 Å². The summed E-state index contributed by atoms with van der Waals surface area (Å²) in [4.78, 5) is 20.1. The first kappa shape index (κ1) is 14.7. The molecule has 0 saturated heterocycles. The lowest BCUT2D eigenvalue weighted by Gasteiger charge is -2.07. The molecule has 0 aromatic heterocycles. The minimum absolute atomic E-state index is 0.213. The molecule has 92 valence electrons. The topological polar surface area (TPSA) is 44.8 Å². The largest absolute Gasteiger partial charge is 0.372 e. The fourth-order valence-electron chi connectivity index (χ4n) is 0.728. The molecular weight excluding hydrogens is 424 g/mol. The summed E-state index contributed by atoms with van der Waals surface area (Å²) >= 11 is 9.93. The van der Waals surface area contributed by atoms with Crippen LogP contribution in [0.2, 0.25) is 0 Å². The van der Waals surface area contributed by atoms with E-state index in [0.717, 1.165) is 8.95 Å². The Morgan fingerprint density at radius 3 is 2.47 bits per heavy atom. The van der Waals surface area contributed by atoms with Gasteiger partial charge in [0, 0.05) is 19.6 Å². The quantitative estimate of drug-likeness (QED) is 0.309. The third-order valence-electron chi connectivity index (χ3n) is 1.58. The second kappa shape index (κ2) is 6.53. The molecule has 0 aliphatic carbocycles. The predicted molar refractivity (Wildman–Crippen MR) is 72.2 cm³/mol. The Bertz CT molecular complexity index is 459. The van der Waals surface area contributed by atoms with Crippen molar-refractivity contribution in [2.24, 2.45) is 0 Å². The predicted octanol–water partition coefficient (Wildman–Crippen LogP) is 4.32. The molecule has 0 heterocycles. The Hall–Kier alpha value is -0.370. The summed E-state index contributed by atoms with van der Waals surface area (Å²) in [6.07, 6.45) is 0. The van der Waals surface area contributed by atoms with Gasteiger partial charge >= 0.3 is 5.97 Å². The van der Waals surface area contributed by atoms with Crippen molar-refractivity contribution in [1.82, 2.24) is 0 Å². The number of carbonyl (C=O) groups excluding carboxylic acids is 1. The standard InChI is InChI=1S/C10H7Br3O4/c1-5(2)10(14)16-17-15-7-4-3-6(11)8(12)9(7)13/h3-4H,1H2,2H3. The maximum absolute atomic E-state index is 11.0. The second-order valence-electron chi connectivity index (χ2n) is 2.98. The molecule has 0 unspecified atom stereocenters.